The van der Waals surface area contributed by atoms with Gasteiger partial charge in [0, 0.05) is 11.8 Å². The smallest absolute Gasteiger partial charge is 0.337 e. The van der Waals surface area contributed by atoms with Crippen molar-refractivity contribution in [1.82, 2.24) is 5.32 Å². The zero-order chi connectivity index (χ0) is 18.4. The first-order chi connectivity index (χ1) is 11.9. The van der Waals surface area contributed by atoms with E-state index in [1.54, 1.807) is 0 Å². The van der Waals surface area contributed by atoms with Crippen molar-refractivity contribution in [2.75, 3.05) is 19.0 Å². The molecule has 2 aromatic rings. The Morgan fingerprint density at radius 2 is 1.72 bits per heavy atom. The fourth-order valence-corrected chi connectivity index (χ4v) is 1.94. The van der Waals surface area contributed by atoms with E-state index in [0.29, 0.717) is 17.3 Å². The number of ether oxygens (including phenoxy) is 1. The van der Waals surface area contributed by atoms with Gasteiger partial charge in [-0.05, 0) is 36.4 Å². The van der Waals surface area contributed by atoms with E-state index in [2.05, 4.69) is 15.4 Å². The van der Waals surface area contributed by atoms with Gasteiger partial charge in [0.15, 0.2) is 0 Å². The van der Waals surface area contributed by atoms with E-state index < -0.39 is 36.0 Å². The lowest BCUT2D eigenvalue weighted by molar-refractivity contribution is -0.115. The van der Waals surface area contributed by atoms with Crippen LogP contribution in [0.2, 0.25) is 0 Å². The number of rotatable bonds is 5. The van der Waals surface area contributed by atoms with E-state index in [4.69, 9.17) is 0 Å². The molecule has 0 spiro atoms. The molecular formula is C17H14F2N2O4. The molecule has 2 rings (SSSR count). The van der Waals surface area contributed by atoms with Crippen molar-refractivity contribution in [3.05, 3.63) is 65.2 Å². The summed E-state index contributed by atoms with van der Waals surface area (Å²) in [5, 5.41) is 4.73. The van der Waals surface area contributed by atoms with Crippen LogP contribution in [-0.4, -0.2) is 31.4 Å². The third kappa shape index (κ3) is 4.84. The Morgan fingerprint density at radius 3 is 2.32 bits per heavy atom. The normalized spacial score (nSPS) is 10.0. The molecule has 0 saturated heterocycles. The number of nitrogens with one attached hydrogen (secondary N) is 2. The van der Waals surface area contributed by atoms with Crippen LogP contribution in [0.4, 0.5) is 14.5 Å². The van der Waals surface area contributed by atoms with Gasteiger partial charge in [0.2, 0.25) is 5.91 Å². The first-order valence-corrected chi connectivity index (χ1v) is 7.12. The number of carbonyl (C=O) groups excluding carboxylic acids is 3. The summed E-state index contributed by atoms with van der Waals surface area (Å²) in [4.78, 5) is 34.9. The SMILES string of the molecule is COC(=O)c1ccc(NC(=O)CNC(=O)c2ccc(F)cc2F)cc1. The third-order valence-corrected chi connectivity index (χ3v) is 3.18. The van der Waals surface area contributed by atoms with Gasteiger partial charge in [0.1, 0.15) is 11.6 Å². The van der Waals surface area contributed by atoms with E-state index in [9.17, 15) is 23.2 Å². The second-order valence-corrected chi connectivity index (χ2v) is 4.92. The van der Waals surface area contributed by atoms with Crippen LogP contribution in [0.25, 0.3) is 0 Å². The van der Waals surface area contributed by atoms with Crippen LogP contribution in [0.15, 0.2) is 42.5 Å². The van der Waals surface area contributed by atoms with Crippen molar-refractivity contribution in [3.63, 3.8) is 0 Å². The van der Waals surface area contributed by atoms with E-state index >= 15 is 0 Å². The quantitative estimate of drug-likeness (QED) is 0.811. The second-order valence-electron chi connectivity index (χ2n) is 4.92. The summed E-state index contributed by atoms with van der Waals surface area (Å²) < 4.78 is 30.8. The molecule has 0 atom stereocenters. The molecule has 0 aliphatic rings. The summed E-state index contributed by atoms with van der Waals surface area (Å²) in [6.07, 6.45) is 0. The highest BCUT2D eigenvalue weighted by atomic mass is 19.1. The third-order valence-electron chi connectivity index (χ3n) is 3.18. The van der Waals surface area contributed by atoms with E-state index in [1.165, 1.54) is 31.4 Å². The van der Waals surface area contributed by atoms with E-state index in [-0.39, 0.29) is 5.56 Å². The van der Waals surface area contributed by atoms with Gasteiger partial charge >= 0.3 is 5.97 Å². The number of benzene rings is 2. The summed E-state index contributed by atoms with van der Waals surface area (Å²) >= 11 is 0. The minimum atomic E-state index is -1.02. The number of anilines is 1. The molecule has 0 heterocycles. The van der Waals surface area contributed by atoms with Gasteiger partial charge in [-0.25, -0.2) is 13.6 Å². The molecule has 130 valence electrons. The topological polar surface area (TPSA) is 84.5 Å². The van der Waals surface area contributed by atoms with Gasteiger partial charge in [0.05, 0.1) is 24.8 Å². The lowest BCUT2D eigenvalue weighted by atomic mass is 10.2. The maximum absolute atomic E-state index is 13.5. The Hall–Kier alpha value is -3.29. The van der Waals surface area contributed by atoms with Gasteiger partial charge in [-0.1, -0.05) is 0 Å². The molecule has 0 aliphatic heterocycles. The summed E-state index contributed by atoms with van der Waals surface area (Å²) in [5.41, 5.74) is 0.358. The van der Waals surface area contributed by atoms with E-state index in [0.717, 1.165) is 12.1 Å². The highest BCUT2D eigenvalue weighted by Crippen LogP contribution is 2.11. The first-order valence-electron chi connectivity index (χ1n) is 7.12. The van der Waals surface area contributed by atoms with Crippen LogP contribution < -0.4 is 10.6 Å². The highest BCUT2D eigenvalue weighted by molar-refractivity contribution is 5.99. The van der Waals surface area contributed by atoms with E-state index in [1.807, 2.05) is 0 Å². The van der Waals surface area contributed by atoms with Crippen molar-refractivity contribution < 1.29 is 27.9 Å². The molecule has 0 aromatic heterocycles. The highest BCUT2D eigenvalue weighted by Gasteiger charge is 2.13. The Kier molecular flexibility index (Phi) is 5.78. The van der Waals surface area contributed by atoms with Gasteiger partial charge < -0.3 is 15.4 Å². The first kappa shape index (κ1) is 18.1. The minimum Gasteiger partial charge on any atom is -0.465 e. The maximum Gasteiger partial charge on any atom is 0.337 e. The monoisotopic (exact) mass is 348 g/mol. The average Bonchev–Trinajstić information content (AvgIpc) is 2.59. The molecule has 2 N–H and O–H groups in total. The van der Waals surface area contributed by atoms with Crippen LogP contribution in [-0.2, 0) is 9.53 Å². The number of esters is 1. The number of hydrogen-bond acceptors (Lipinski definition) is 4. The molecule has 2 amide bonds. The zero-order valence-electron chi connectivity index (χ0n) is 13.1. The summed E-state index contributed by atoms with van der Waals surface area (Å²) in [5.74, 6) is -3.72. The Morgan fingerprint density at radius 1 is 1.04 bits per heavy atom. The van der Waals surface area contributed by atoms with Crippen LogP contribution in [0, 0.1) is 11.6 Å². The average molecular weight is 348 g/mol. The predicted octanol–water partition coefficient (Wildman–Crippen LogP) is 2.12. The standard InChI is InChI=1S/C17H14F2N2O4/c1-25-17(24)10-2-5-12(6-3-10)21-15(22)9-20-16(23)13-7-4-11(18)8-14(13)19/h2-8H,9H2,1H3,(H,20,23)(H,21,22). The molecule has 0 radical (unpaired) electrons. The second kappa shape index (κ2) is 8.00. The summed E-state index contributed by atoms with van der Waals surface area (Å²) in [6.45, 7) is -0.408. The molecule has 8 heteroatoms. The van der Waals surface area contributed by atoms with Crippen molar-refractivity contribution in [2.24, 2.45) is 0 Å². The zero-order valence-corrected chi connectivity index (χ0v) is 13.1. The van der Waals surface area contributed by atoms with Gasteiger partial charge in [-0.15, -0.1) is 0 Å². The molecule has 0 unspecified atom stereocenters. The van der Waals surface area contributed by atoms with Crippen molar-refractivity contribution in [3.8, 4) is 0 Å². The molecule has 0 bridgehead atoms. The van der Waals surface area contributed by atoms with Crippen LogP contribution in [0.1, 0.15) is 20.7 Å². The molecule has 25 heavy (non-hydrogen) atoms. The van der Waals surface area contributed by atoms with Gasteiger partial charge in [0.25, 0.3) is 5.91 Å². The predicted molar refractivity (Wildman–Crippen MR) is 85.1 cm³/mol. The van der Waals surface area contributed by atoms with Crippen molar-refractivity contribution >= 4 is 23.5 Å². The number of amides is 2. The fraction of sp³-hybridized carbons (Fsp3) is 0.118. The van der Waals surface area contributed by atoms with Gasteiger partial charge in [-0.2, -0.15) is 0 Å². The largest absolute Gasteiger partial charge is 0.465 e. The molecule has 2 aromatic carbocycles. The number of hydrogen-bond donors (Lipinski definition) is 2. The summed E-state index contributed by atoms with van der Waals surface area (Å²) in [7, 11) is 1.25. The number of methoxy groups -OCH3 is 1. The number of carbonyl (C=O) groups is 3. The lowest BCUT2D eigenvalue weighted by Gasteiger charge is -2.08. The lowest BCUT2D eigenvalue weighted by Crippen LogP contribution is -2.33. The summed E-state index contributed by atoms with van der Waals surface area (Å²) in [6, 6.07) is 8.43. The van der Waals surface area contributed by atoms with Crippen molar-refractivity contribution in [2.45, 2.75) is 0 Å². The van der Waals surface area contributed by atoms with Crippen molar-refractivity contribution in [1.29, 1.82) is 0 Å². The minimum absolute atomic E-state index is 0.320. The molecular weight excluding hydrogens is 334 g/mol. The van der Waals surface area contributed by atoms with Crippen LogP contribution in [0.3, 0.4) is 0 Å². The fourth-order valence-electron chi connectivity index (χ4n) is 1.94. The molecule has 0 aliphatic carbocycles. The van der Waals surface area contributed by atoms with Gasteiger partial charge in [-0.3, -0.25) is 9.59 Å². The molecule has 0 saturated carbocycles. The Bertz CT molecular complexity index is 807. The molecule has 0 fully saturated rings. The van der Waals surface area contributed by atoms with Crippen LogP contribution in [0.5, 0.6) is 0 Å². The maximum atomic E-state index is 13.5. The Balaban J connectivity index is 1.90. The van der Waals surface area contributed by atoms with Crippen LogP contribution >= 0.6 is 0 Å². The Labute approximate surface area is 141 Å². The number of halogens is 2. The molecule has 6 nitrogen and oxygen atoms in total.